The quantitative estimate of drug-likeness (QED) is 0.610. The number of rotatable bonds is 1. The van der Waals surface area contributed by atoms with Crippen molar-refractivity contribution in [3.63, 3.8) is 0 Å². The van der Waals surface area contributed by atoms with E-state index in [2.05, 4.69) is 5.32 Å². The second kappa shape index (κ2) is 4.35. The summed E-state index contributed by atoms with van der Waals surface area (Å²) in [5.74, 6) is 0.0632. The smallest absolute Gasteiger partial charge is 0.224 e. The van der Waals surface area contributed by atoms with Gasteiger partial charge in [0.2, 0.25) is 5.91 Å². The lowest BCUT2D eigenvalue weighted by Crippen LogP contribution is -2.26. The molecule has 1 aliphatic rings. The third kappa shape index (κ3) is 2.01. The SMILES string of the molecule is CN(C(=S)[S-])c1cccc2c1CCC(=O)N2. The Morgan fingerprint density at radius 1 is 1.50 bits per heavy atom. The van der Waals surface area contributed by atoms with Crippen LogP contribution in [0.2, 0.25) is 0 Å². The number of hydrogen-bond donors (Lipinski definition) is 1. The van der Waals surface area contributed by atoms with Crippen molar-refractivity contribution in [2.45, 2.75) is 12.8 Å². The van der Waals surface area contributed by atoms with Gasteiger partial charge in [0.25, 0.3) is 0 Å². The molecule has 0 atom stereocenters. The molecule has 5 heteroatoms. The number of nitrogens with one attached hydrogen (secondary N) is 1. The zero-order valence-electron chi connectivity index (χ0n) is 8.82. The van der Waals surface area contributed by atoms with Gasteiger partial charge in [-0.15, -0.1) is 0 Å². The van der Waals surface area contributed by atoms with E-state index in [9.17, 15) is 4.79 Å². The standard InChI is InChI=1S/C11H12N2OS2/c1-13(11(15)16)9-4-2-3-8-7(9)5-6-10(14)12-8/h2-4H,5-6H2,1H3,(H,12,14)(H,15,16)/p-1. The molecule has 3 nitrogen and oxygen atoms in total. The first-order chi connectivity index (χ1) is 7.59. The molecule has 16 heavy (non-hydrogen) atoms. The van der Waals surface area contributed by atoms with Crippen molar-refractivity contribution in [2.75, 3.05) is 17.3 Å². The molecule has 0 unspecified atom stereocenters. The number of thiocarbonyl (C=S) groups is 1. The lowest BCUT2D eigenvalue weighted by Gasteiger charge is -2.28. The summed E-state index contributed by atoms with van der Waals surface area (Å²) in [6, 6.07) is 5.76. The fraction of sp³-hybridized carbons (Fsp3) is 0.273. The van der Waals surface area contributed by atoms with Gasteiger partial charge in [0.05, 0.1) is 0 Å². The number of fused-ring (bicyclic) bond motifs is 1. The molecule has 1 aliphatic heterocycles. The first kappa shape index (κ1) is 11.3. The van der Waals surface area contributed by atoms with Crippen LogP contribution < -0.4 is 10.2 Å². The van der Waals surface area contributed by atoms with Crippen molar-refractivity contribution in [1.29, 1.82) is 0 Å². The predicted molar refractivity (Wildman–Crippen MR) is 71.8 cm³/mol. The Morgan fingerprint density at radius 3 is 2.94 bits per heavy atom. The van der Waals surface area contributed by atoms with Crippen molar-refractivity contribution in [3.8, 4) is 0 Å². The van der Waals surface area contributed by atoms with Gasteiger partial charge in [-0.1, -0.05) is 10.4 Å². The third-order valence-electron chi connectivity index (χ3n) is 2.66. The van der Waals surface area contributed by atoms with Gasteiger partial charge in [0.1, 0.15) is 0 Å². The molecular weight excluding hydrogens is 240 g/mol. The maximum Gasteiger partial charge on any atom is 0.224 e. The summed E-state index contributed by atoms with van der Waals surface area (Å²) in [4.78, 5) is 13.1. The summed E-state index contributed by atoms with van der Waals surface area (Å²) < 4.78 is 0.408. The first-order valence-corrected chi connectivity index (χ1v) is 5.77. The normalized spacial score (nSPS) is 13.9. The molecule has 0 saturated heterocycles. The van der Waals surface area contributed by atoms with Gasteiger partial charge < -0.3 is 35.1 Å². The molecular formula is C11H11N2OS2-. The van der Waals surface area contributed by atoms with Crippen LogP contribution in [0.3, 0.4) is 0 Å². The van der Waals surface area contributed by atoms with E-state index in [0.717, 1.165) is 23.4 Å². The summed E-state index contributed by atoms with van der Waals surface area (Å²) in [7, 11) is 1.85. The van der Waals surface area contributed by atoms with Gasteiger partial charge >= 0.3 is 0 Å². The summed E-state index contributed by atoms with van der Waals surface area (Å²) in [5, 5.41) is 2.85. The maximum absolute atomic E-state index is 11.3. The van der Waals surface area contributed by atoms with Gasteiger partial charge in [-0.2, -0.15) is 0 Å². The average molecular weight is 251 g/mol. The van der Waals surface area contributed by atoms with Crippen molar-refractivity contribution < 1.29 is 4.79 Å². The van der Waals surface area contributed by atoms with E-state index in [1.807, 2.05) is 25.2 Å². The number of carbonyl (C=O) groups is 1. The minimum atomic E-state index is 0.0632. The lowest BCUT2D eigenvalue weighted by molar-refractivity contribution is -0.116. The van der Waals surface area contributed by atoms with Crippen LogP contribution in [-0.4, -0.2) is 17.3 Å². The molecule has 0 bridgehead atoms. The molecule has 1 heterocycles. The largest absolute Gasteiger partial charge is 0.411 e. The second-order valence-electron chi connectivity index (χ2n) is 3.68. The minimum absolute atomic E-state index is 0.0632. The lowest BCUT2D eigenvalue weighted by atomic mass is 10.0. The van der Waals surface area contributed by atoms with Gasteiger partial charge in [0.15, 0.2) is 0 Å². The third-order valence-corrected chi connectivity index (χ3v) is 3.21. The molecule has 1 aromatic rings. The zero-order chi connectivity index (χ0) is 11.7. The summed E-state index contributed by atoms with van der Waals surface area (Å²) in [5.41, 5.74) is 2.96. The molecule has 0 aromatic heterocycles. The van der Waals surface area contributed by atoms with Crippen molar-refractivity contribution >= 4 is 46.4 Å². The van der Waals surface area contributed by atoms with E-state index >= 15 is 0 Å². The van der Waals surface area contributed by atoms with Gasteiger partial charge in [-0.25, -0.2) is 0 Å². The fourth-order valence-corrected chi connectivity index (χ4v) is 2.02. The average Bonchev–Trinajstić information content (AvgIpc) is 2.26. The van der Waals surface area contributed by atoms with E-state index in [1.54, 1.807) is 4.90 Å². The Morgan fingerprint density at radius 2 is 2.25 bits per heavy atom. The summed E-state index contributed by atoms with van der Waals surface area (Å²) >= 11 is 9.96. The highest BCUT2D eigenvalue weighted by Gasteiger charge is 2.18. The second-order valence-corrected chi connectivity index (χ2v) is 4.71. The molecule has 1 amide bonds. The highest BCUT2D eigenvalue weighted by atomic mass is 32.1. The van der Waals surface area contributed by atoms with E-state index in [0.29, 0.717) is 10.7 Å². The van der Waals surface area contributed by atoms with Crippen LogP contribution in [0.5, 0.6) is 0 Å². The van der Waals surface area contributed by atoms with Crippen LogP contribution in [0.25, 0.3) is 0 Å². The zero-order valence-corrected chi connectivity index (χ0v) is 10.5. The molecule has 2 rings (SSSR count). The number of anilines is 2. The topological polar surface area (TPSA) is 32.3 Å². The number of hydrogen-bond acceptors (Lipinski definition) is 3. The summed E-state index contributed by atoms with van der Waals surface area (Å²) in [6.07, 6.45) is 1.25. The number of amides is 1. The molecule has 1 N–H and O–H groups in total. The van der Waals surface area contributed by atoms with Crippen LogP contribution in [-0.2, 0) is 23.8 Å². The molecule has 0 spiro atoms. The summed E-state index contributed by atoms with van der Waals surface area (Å²) in [6.45, 7) is 0. The van der Waals surface area contributed by atoms with E-state index in [1.165, 1.54) is 0 Å². The van der Waals surface area contributed by atoms with Crippen LogP contribution in [0.1, 0.15) is 12.0 Å². The Bertz CT molecular complexity index is 459. The monoisotopic (exact) mass is 251 g/mol. The van der Waals surface area contributed by atoms with Crippen molar-refractivity contribution in [3.05, 3.63) is 23.8 Å². The highest BCUT2D eigenvalue weighted by Crippen LogP contribution is 2.31. The maximum atomic E-state index is 11.3. The molecule has 84 valence electrons. The molecule has 1 aromatic carbocycles. The van der Waals surface area contributed by atoms with Gasteiger partial charge in [-0.3, -0.25) is 4.79 Å². The van der Waals surface area contributed by atoms with E-state index in [4.69, 9.17) is 24.8 Å². The molecule has 0 fully saturated rings. The predicted octanol–water partition coefficient (Wildman–Crippen LogP) is 1.84. The van der Waals surface area contributed by atoms with Crippen LogP contribution in [0.4, 0.5) is 11.4 Å². The van der Waals surface area contributed by atoms with E-state index in [-0.39, 0.29) is 5.91 Å². The van der Waals surface area contributed by atoms with Crippen molar-refractivity contribution in [2.24, 2.45) is 0 Å². The van der Waals surface area contributed by atoms with E-state index < -0.39 is 0 Å². The molecule has 0 radical (unpaired) electrons. The van der Waals surface area contributed by atoms with Gasteiger partial charge in [-0.05, 0) is 24.1 Å². The Kier molecular flexibility index (Phi) is 3.07. The first-order valence-electron chi connectivity index (χ1n) is 4.96. The Labute approximate surface area is 105 Å². The van der Waals surface area contributed by atoms with Crippen LogP contribution >= 0.6 is 12.2 Å². The Hall–Kier alpha value is -1.20. The highest BCUT2D eigenvalue weighted by molar-refractivity contribution is 8.00. The fourth-order valence-electron chi connectivity index (χ4n) is 1.82. The number of carbonyl (C=O) groups excluding carboxylic acids is 1. The number of benzene rings is 1. The molecule has 0 saturated carbocycles. The Balaban J connectivity index is 2.44. The minimum Gasteiger partial charge on any atom is -0.411 e. The van der Waals surface area contributed by atoms with Gasteiger partial charge in [0, 0.05) is 24.8 Å². The van der Waals surface area contributed by atoms with Crippen molar-refractivity contribution in [1.82, 2.24) is 0 Å². The molecule has 0 aliphatic carbocycles. The number of nitrogens with zero attached hydrogens (tertiary/aromatic N) is 1. The van der Waals surface area contributed by atoms with Crippen LogP contribution in [0.15, 0.2) is 18.2 Å². The van der Waals surface area contributed by atoms with Crippen LogP contribution in [0, 0.1) is 0 Å².